The van der Waals surface area contributed by atoms with Crippen LogP contribution in [0.5, 0.6) is 0 Å². The molecule has 1 aromatic rings. The van der Waals surface area contributed by atoms with Gasteiger partial charge in [0.2, 0.25) is 11.8 Å². The molecule has 5 atom stereocenters. The molecular formula is C18H18N2O5S2. The van der Waals surface area contributed by atoms with Crippen molar-refractivity contribution in [1.29, 1.82) is 0 Å². The lowest BCUT2D eigenvalue weighted by Crippen LogP contribution is -2.35. The zero-order chi connectivity index (χ0) is 18.9. The number of nitrogens with one attached hydrogen (secondary N) is 1. The summed E-state index contributed by atoms with van der Waals surface area (Å²) in [4.78, 5) is 54.1. The lowest BCUT2D eigenvalue weighted by Gasteiger charge is -2.32. The molecule has 2 amide bonds. The van der Waals surface area contributed by atoms with Crippen LogP contribution in [0.3, 0.4) is 0 Å². The Balaban J connectivity index is 1.40. The predicted octanol–water partition coefficient (Wildman–Crippen LogP) is 1.50. The van der Waals surface area contributed by atoms with Crippen molar-refractivity contribution in [3.05, 3.63) is 20.1 Å². The summed E-state index contributed by atoms with van der Waals surface area (Å²) in [6.45, 7) is 2.11. The van der Waals surface area contributed by atoms with E-state index in [1.807, 2.05) is 0 Å². The summed E-state index contributed by atoms with van der Waals surface area (Å²) < 4.78 is 4.91. The van der Waals surface area contributed by atoms with Crippen LogP contribution in [-0.4, -0.2) is 46.1 Å². The van der Waals surface area contributed by atoms with E-state index in [1.54, 1.807) is 18.7 Å². The fraction of sp³-hybridized carbons (Fsp3) is 0.556. The molecule has 3 fully saturated rings. The minimum Gasteiger partial charge on any atom is -0.466 e. The van der Waals surface area contributed by atoms with Crippen molar-refractivity contribution in [2.45, 2.75) is 30.0 Å². The van der Waals surface area contributed by atoms with E-state index in [9.17, 15) is 19.2 Å². The smallest absolute Gasteiger partial charge is 0.307 e. The number of carbonyl (C=O) groups is 3. The average Bonchev–Trinajstić information content (AvgIpc) is 3.33. The Morgan fingerprint density at radius 3 is 2.85 bits per heavy atom. The zero-order valence-corrected chi connectivity index (χ0v) is 16.2. The van der Waals surface area contributed by atoms with Gasteiger partial charge < -0.3 is 9.72 Å². The van der Waals surface area contributed by atoms with Crippen LogP contribution in [-0.2, 0) is 19.1 Å². The first-order chi connectivity index (χ1) is 13.0. The summed E-state index contributed by atoms with van der Waals surface area (Å²) in [7, 11) is 0. The lowest BCUT2D eigenvalue weighted by atomic mass is 9.77. The number of ether oxygens (including phenoxy) is 1. The van der Waals surface area contributed by atoms with Crippen LogP contribution in [0, 0.1) is 23.7 Å². The topological polar surface area (TPSA) is 96.5 Å². The molecule has 0 radical (unpaired) electrons. The van der Waals surface area contributed by atoms with Crippen molar-refractivity contribution < 1.29 is 19.1 Å². The maximum absolute atomic E-state index is 13.0. The third-order valence-corrected chi connectivity index (χ3v) is 8.48. The molecule has 2 bridgehead atoms. The SMILES string of the molecule is CCOC(=O)CCN1C(=O)[C@@H]2[C@H]3C[C@H](C4=Cc5sc(=O)[nH]c5S[C@H]43)[C@@H]2C1=O. The summed E-state index contributed by atoms with van der Waals surface area (Å²) in [6, 6.07) is 0. The second-order valence-electron chi connectivity index (χ2n) is 7.33. The number of aromatic nitrogens is 1. The van der Waals surface area contributed by atoms with Gasteiger partial charge in [-0.2, -0.15) is 0 Å². The van der Waals surface area contributed by atoms with Gasteiger partial charge in [-0.1, -0.05) is 28.7 Å². The van der Waals surface area contributed by atoms with Gasteiger partial charge in [-0.05, 0) is 31.3 Å². The van der Waals surface area contributed by atoms with Crippen LogP contribution in [0.1, 0.15) is 24.6 Å². The number of H-pyrrole nitrogens is 1. The number of hydrogen-bond acceptors (Lipinski definition) is 7. The highest BCUT2D eigenvalue weighted by molar-refractivity contribution is 8.00. The average molecular weight is 406 g/mol. The number of likely N-dealkylation sites (tertiary alicyclic amines) is 1. The van der Waals surface area contributed by atoms with Gasteiger partial charge in [-0.25, -0.2) is 0 Å². The third-order valence-electron chi connectivity index (χ3n) is 6.09. The van der Waals surface area contributed by atoms with Crippen molar-refractivity contribution in [2.24, 2.45) is 23.7 Å². The minimum atomic E-state index is -0.390. The summed E-state index contributed by atoms with van der Waals surface area (Å²) in [6.07, 6.45) is 2.94. The molecule has 7 nitrogen and oxygen atoms in total. The summed E-state index contributed by atoms with van der Waals surface area (Å²) >= 11 is 2.81. The van der Waals surface area contributed by atoms with Crippen LogP contribution in [0.2, 0.25) is 0 Å². The highest BCUT2D eigenvalue weighted by Gasteiger charge is 2.66. The lowest BCUT2D eigenvalue weighted by molar-refractivity contribution is -0.145. The number of amides is 2. The largest absolute Gasteiger partial charge is 0.466 e. The molecule has 9 heteroatoms. The number of thiazole rings is 1. The van der Waals surface area contributed by atoms with E-state index in [0.29, 0.717) is 0 Å². The molecule has 0 unspecified atom stereocenters. The van der Waals surface area contributed by atoms with Crippen LogP contribution in [0.25, 0.3) is 6.08 Å². The molecule has 4 aliphatic rings. The molecular weight excluding hydrogens is 388 g/mol. The van der Waals surface area contributed by atoms with Gasteiger partial charge in [0.15, 0.2) is 0 Å². The molecule has 1 saturated heterocycles. The second-order valence-corrected chi connectivity index (χ2v) is 9.50. The Morgan fingerprint density at radius 1 is 1.30 bits per heavy atom. The monoisotopic (exact) mass is 406 g/mol. The number of hydrogen-bond donors (Lipinski definition) is 1. The maximum Gasteiger partial charge on any atom is 0.307 e. The van der Waals surface area contributed by atoms with Crippen LogP contribution >= 0.6 is 23.1 Å². The number of carbonyl (C=O) groups excluding carboxylic acids is 3. The normalized spacial score (nSPS) is 33.0. The molecule has 2 aliphatic heterocycles. The van der Waals surface area contributed by atoms with E-state index in [1.165, 1.54) is 21.8 Å². The van der Waals surface area contributed by atoms with Crippen molar-refractivity contribution in [1.82, 2.24) is 9.88 Å². The number of fused-ring (bicyclic) bond motifs is 9. The summed E-state index contributed by atoms with van der Waals surface area (Å²) in [5, 5.41) is 1.02. The Kier molecular flexibility index (Phi) is 3.87. The van der Waals surface area contributed by atoms with Crippen LogP contribution in [0.4, 0.5) is 0 Å². The number of nitrogens with zero attached hydrogens (tertiary/aromatic N) is 1. The molecule has 0 spiro atoms. The van der Waals surface area contributed by atoms with E-state index in [2.05, 4.69) is 11.1 Å². The van der Waals surface area contributed by atoms with E-state index in [-0.39, 0.29) is 65.2 Å². The van der Waals surface area contributed by atoms with Crippen molar-refractivity contribution in [3.63, 3.8) is 0 Å². The van der Waals surface area contributed by atoms with Gasteiger partial charge >= 0.3 is 10.8 Å². The van der Waals surface area contributed by atoms with Crippen molar-refractivity contribution in [3.8, 4) is 0 Å². The first kappa shape index (κ1) is 17.2. The minimum absolute atomic E-state index is 0.0412. The molecule has 1 aromatic heterocycles. The molecule has 2 aliphatic carbocycles. The Bertz CT molecular complexity index is 948. The first-order valence-electron chi connectivity index (χ1n) is 9.11. The van der Waals surface area contributed by atoms with Gasteiger partial charge in [0.1, 0.15) is 0 Å². The van der Waals surface area contributed by atoms with Crippen molar-refractivity contribution in [2.75, 3.05) is 13.2 Å². The summed E-state index contributed by atoms with van der Waals surface area (Å²) in [5.41, 5.74) is 1.20. The van der Waals surface area contributed by atoms with Crippen molar-refractivity contribution >= 4 is 47.0 Å². The Labute approximate surface area is 163 Å². The second kappa shape index (κ2) is 6.07. The molecule has 2 saturated carbocycles. The van der Waals surface area contributed by atoms with E-state index in [4.69, 9.17) is 4.74 Å². The molecule has 0 aromatic carbocycles. The molecule has 3 heterocycles. The maximum atomic E-state index is 13.0. The number of esters is 1. The quantitative estimate of drug-likeness (QED) is 0.601. The number of imide groups is 1. The standard InChI is InChI=1S/C18H18N2O5S2/c1-2-25-11(21)3-4-20-16(22)12-7-5-9(13(12)17(20)23)14-8(7)6-10-15(27-14)19-18(24)26-10/h6-7,9,12-14H,2-5H2,1H3,(H,19,24)/t7-,9-,12+,13-,14-/m1/s1. The number of rotatable bonds is 4. The zero-order valence-electron chi connectivity index (χ0n) is 14.6. The van der Waals surface area contributed by atoms with E-state index in [0.717, 1.165) is 16.3 Å². The van der Waals surface area contributed by atoms with Gasteiger partial charge in [0.25, 0.3) is 0 Å². The fourth-order valence-electron chi connectivity index (χ4n) is 5.14. The van der Waals surface area contributed by atoms with Crippen LogP contribution < -0.4 is 4.87 Å². The van der Waals surface area contributed by atoms with E-state index < -0.39 is 5.97 Å². The third kappa shape index (κ3) is 2.40. The number of aromatic amines is 1. The van der Waals surface area contributed by atoms with E-state index >= 15 is 0 Å². The Morgan fingerprint density at radius 2 is 2.07 bits per heavy atom. The molecule has 5 rings (SSSR count). The molecule has 1 N–H and O–H groups in total. The van der Waals surface area contributed by atoms with Gasteiger partial charge in [-0.15, -0.1) is 0 Å². The Hall–Kier alpha value is -1.87. The predicted molar refractivity (Wildman–Crippen MR) is 99.1 cm³/mol. The molecule has 142 valence electrons. The van der Waals surface area contributed by atoms with Crippen LogP contribution in [0.15, 0.2) is 15.4 Å². The summed E-state index contributed by atoms with van der Waals surface area (Å²) in [5.74, 6) is -1.14. The van der Waals surface area contributed by atoms with Gasteiger partial charge in [-0.3, -0.25) is 24.1 Å². The van der Waals surface area contributed by atoms with Gasteiger partial charge in [0, 0.05) is 11.8 Å². The van der Waals surface area contributed by atoms with Gasteiger partial charge in [0.05, 0.1) is 34.8 Å². The number of thioether (sulfide) groups is 1. The highest BCUT2D eigenvalue weighted by atomic mass is 32.2. The highest BCUT2D eigenvalue weighted by Crippen LogP contribution is 2.64. The molecule has 27 heavy (non-hydrogen) atoms. The first-order valence-corrected chi connectivity index (χ1v) is 10.8. The fourth-order valence-corrected chi connectivity index (χ4v) is 7.58.